The maximum absolute atomic E-state index is 12.7. The second-order valence-electron chi connectivity index (χ2n) is 10.2. The van der Waals surface area contributed by atoms with Gasteiger partial charge in [0.05, 0.1) is 19.8 Å². The Balaban J connectivity index is 1.38. The number of hydrogen-bond acceptors (Lipinski definition) is 8. The fourth-order valence-corrected chi connectivity index (χ4v) is 4.86. The van der Waals surface area contributed by atoms with Crippen molar-refractivity contribution in [2.75, 3.05) is 86.0 Å². The first kappa shape index (κ1) is 28.3. The number of nitrogens with zero attached hydrogens (tertiary/aromatic N) is 3. The lowest BCUT2D eigenvalue weighted by atomic mass is 10.0. The van der Waals surface area contributed by atoms with Gasteiger partial charge in [0.25, 0.3) is 0 Å². The van der Waals surface area contributed by atoms with Crippen molar-refractivity contribution in [2.24, 2.45) is 0 Å². The number of rotatable bonds is 11. The number of benzene rings is 2. The van der Waals surface area contributed by atoms with Gasteiger partial charge in [0, 0.05) is 52.9 Å². The Morgan fingerprint density at radius 3 is 2.53 bits per heavy atom. The molecule has 2 aromatic carbocycles. The van der Waals surface area contributed by atoms with Gasteiger partial charge in [-0.2, -0.15) is 0 Å². The van der Waals surface area contributed by atoms with E-state index in [2.05, 4.69) is 21.9 Å². The molecule has 0 saturated carbocycles. The minimum atomic E-state index is -1.24. The van der Waals surface area contributed by atoms with Crippen LogP contribution >= 0.6 is 0 Å². The van der Waals surface area contributed by atoms with E-state index in [4.69, 9.17) is 18.9 Å². The maximum Gasteiger partial charge on any atom is 0.248 e. The second kappa shape index (κ2) is 13.9. The molecule has 0 bridgehead atoms. The number of hydrogen-bond donors (Lipinski definition) is 1. The Labute approximate surface area is 225 Å². The molecule has 0 radical (unpaired) electrons. The van der Waals surface area contributed by atoms with Gasteiger partial charge in [0.15, 0.2) is 0 Å². The van der Waals surface area contributed by atoms with Crippen LogP contribution in [0.3, 0.4) is 0 Å². The van der Waals surface area contributed by atoms with E-state index in [1.165, 1.54) is 7.11 Å². The molecule has 0 spiro atoms. The van der Waals surface area contributed by atoms with E-state index in [0.29, 0.717) is 38.5 Å². The summed E-state index contributed by atoms with van der Waals surface area (Å²) in [6.45, 7) is 9.34. The first-order valence-corrected chi connectivity index (χ1v) is 13.4. The SMILES string of the molecule is COCC(=O)N1CCN(Cc2cccc(OCCN3CCOCC3)c2)CC(O)(COc2ccc(C)cc2)C1. The molecule has 2 aliphatic rings. The Morgan fingerprint density at radius 2 is 1.76 bits per heavy atom. The average molecular weight is 528 g/mol. The zero-order valence-corrected chi connectivity index (χ0v) is 22.6. The number of amides is 1. The fraction of sp³-hybridized carbons (Fsp3) is 0.552. The van der Waals surface area contributed by atoms with Crippen LogP contribution in [0.1, 0.15) is 11.1 Å². The van der Waals surface area contributed by atoms with Crippen molar-refractivity contribution >= 4 is 5.91 Å². The maximum atomic E-state index is 12.7. The molecule has 1 unspecified atom stereocenters. The predicted molar refractivity (Wildman–Crippen MR) is 145 cm³/mol. The lowest BCUT2D eigenvalue weighted by molar-refractivity contribution is -0.138. The molecule has 2 aromatic rings. The van der Waals surface area contributed by atoms with Crippen LogP contribution in [0.5, 0.6) is 11.5 Å². The summed E-state index contributed by atoms with van der Waals surface area (Å²) in [5, 5.41) is 11.7. The first-order valence-electron chi connectivity index (χ1n) is 13.4. The summed E-state index contributed by atoms with van der Waals surface area (Å²) >= 11 is 0. The molecule has 38 heavy (non-hydrogen) atoms. The van der Waals surface area contributed by atoms with Gasteiger partial charge in [-0.15, -0.1) is 0 Å². The van der Waals surface area contributed by atoms with E-state index in [0.717, 1.165) is 49.7 Å². The van der Waals surface area contributed by atoms with E-state index in [1.807, 2.05) is 43.3 Å². The summed E-state index contributed by atoms with van der Waals surface area (Å²) in [7, 11) is 1.50. The van der Waals surface area contributed by atoms with Gasteiger partial charge in [-0.1, -0.05) is 29.8 Å². The Morgan fingerprint density at radius 1 is 0.974 bits per heavy atom. The molecule has 1 atom stereocenters. The summed E-state index contributed by atoms with van der Waals surface area (Å²) in [5.74, 6) is 1.38. The Kier molecular flexibility index (Phi) is 10.4. The number of morpholine rings is 1. The van der Waals surface area contributed by atoms with Crippen molar-refractivity contribution in [3.63, 3.8) is 0 Å². The lowest BCUT2D eigenvalue weighted by Crippen LogP contribution is -2.52. The van der Waals surface area contributed by atoms with Crippen molar-refractivity contribution in [1.29, 1.82) is 0 Å². The Hall–Kier alpha value is -2.69. The highest BCUT2D eigenvalue weighted by molar-refractivity contribution is 5.77. The van der Waals surface area contributed by atoms with Crippen LogP contribution in [0.4, 0.5) is 0 Å². The highest BCUT2D eigenvalue weighted by Crippen LogP contribution is 2.22. The summed E-state index contributed by atoms with van der Waals surface area (Å²) in [6.07, 6.45) is 0. The number of methoxy groups -OCH3 is 1. The van der Waals surface area contributed by atoms with E-state index in [9.17, 15) is 9.90 Å². The zero-order chi connectivity index (χ0) is 26.8. The molecule has 9 nitrogen and oxygen atoms in total. The molecule has 1 amide bonds. The predicted octanol–water partition coefficient (Wildman–Crippen LogP) is 1.81. The summed E-state index contributed by atoms with van der Waals surface area (Å²) in [6, 6.07) is 15.8. The van der Waals surface area contributed by atoms with Crippen molar-refractivity contribution in [1.82, 2.24) is 14.7 Å². The summed E-state index contributed by atoms with van der Waals surface area (Å²) in [5.41, 5.74) is 0.990. The number of carbonyl (C=O) groups is 1. The molecule has 9 heteroatoms. The monoisotopic (exact) mass is 527 g/mol. The molecule has 2 saturated heterocycles. The van der Waals surface area contributed by atoms with Crippen LogP contribution in [0.2, 0.25) is 0 Å². The van der Waals surface area contributed by atoms with Gasteiger partial charge >= 0.3 is 0 Å². The first-order chi connectivity index (χ1) is 18.4. The minimum Gasteiger partial charge on any atom is -0.492 e. The number of carbonyl (C=O) groups excluding carboxylic acids is 1. The van der Waals surface area contributed by atoms with Crippen LogP contribution < -0.4 is 9.47 Å². The minimum absolute atomic E-state index is 0.0151. The highest BCUT2D eigenvalue weighted by atomic mass is 16.5. The molecule has 2 heterocycles. The average Bonchev–Trinajstić information content (AvgIpc) is 3.08. The van der Waals surface area contributed by atoms with Crippen LogP contribution in [0.25, 0.3) is 0 Å². The fourth-order valence-electron chi connectivity index (χ4n) is 4.86. The molecular weight excluding hydrogens is 486 g/mol. The van der Waals surface area contributed by atoms with Gasteiger partial charge < -0.3 is 29.0 Å². The molecule has 2 fully saturated rings. The molecule has 2 aliphatic heterocycles. The third kappa shape index (κ3) is 8.68. The zero-order valence-electron chi connectivity index (χ0n) is 22.6. The van der Waals surface area contributed by atoms with Crippen LogP contribution in [-0.4, -0.2) is 117 Å². The molecule has 0 aromatic heterocycles. The van der Waals surface area contributed by atoms with Crippen LogP contribution in [0.15, 0.2) is 48.5 Å². The van der Waals surface area contributed by atoms with Gasteiger partial charge in [-0.25, -0.2) is 0 Å². The van der Waals surface area contributed by atoms with Crippen molar-refractivity contribution < 1.29 is 28.8 Å². The quantitative estimate of drug-likeness (QED) is 0.474. The van der Waals surface area contributed by atoms with E-state index < -0.39 is 5.60 Å². The van der Waals surface area contributed by atoms with Crippen LogP contribution in [-0.2, 0) is 20.8 Å². The topological polar surface area (TPSA) is 83.9 Å². The summed E-state index contributed by atoms with van der Waals surface area (Å²) in [4.78, 5) is 18.9. The Bertz CT molecular complexity index is 1010. The van der Waals surface area contributed by atoms with Crippen molar-refractivity contribution in [3.05, 3.63) is 59.7 Å². The number of aryl methyl sites for hydroxylation is 1. The third-order valence-corrected chi connectivity index (χ3v) is 6.92. The summed E-state index contributed by atoms with van der Waals surface area (Å²) < 4.78 is 22.5. The van der Waals surface area contributed by atoms with Gasteiger partial charge in [0.1, 0.15) is 36.9 Å². The van der Waals surface area contributed by atoms with Gasteiger partial charge in [0.2, 0.25) is 5.91 Å². The van der Waals surface area contributed by atoms with Gasteiger partial charge in [-0.05, 0) is 36.8 Å². The number of ether oxygens (including phenoxy) is 4. The molecule has 1 N–H and O–H groups in total. The standard InChI is InChI=1S/C29H41N3O6/c1-24-6-8-26(9-7-24)38-23-29(34)21-31(10-11-32(22-29)28(33)20-35-2)19-25-4-3-5-27(18-25)37-17-14-30-12-15-36-16-13-30/h3-9,18,34H,10-17,19-23H2,1-2H3. The van der Waals surface area contributed by atoms with Crippen molar-refractivity contribution in [2.45, 2.75) is 19.1 Å². The smallest absolute Gasteiger partial charge is 0.248 e. The normalized spacial score (nSPS) is 21.2. The number of β-amino-alcohol motifs (C(OH)–C–C–N with tert-alkyl or cyclic N) is 1. The van der Waals surface area contributed by atoms with Gasteiger partial charge in [-0.3, -0.25) is 14.6 Å². The lowest BCUT2D eigenvalue weighted by Gasteiger charge is -2.33. The second-order valence-corrected chi connectivity index (χ2v) is 10.2. The molecule has 4 rings (SSSR count). The molecular formula is C29H41N3O6. The van der Waals surface area contributed by atoms with E-state index in [-0.39, 0.29) is 25.7 Å². The molecule has 208 valence electrons. The number of aliphatic hydroxyl groups is 1. The highest BCUT2D eigenvalue weighted by Gasteiger charge is 2.37. The molecule has 0 aliphatic carbocycles. The third-order valence-electron chi connectivity index (χ3n) is 6.92. The van der Waals surface area contributed by atoms with Crippen LogP contribution in [0, 0.1) is 6.92 Å². The largest absolute Gasteiger partial charge is 0.492 e. The van der Waals surface area contributed by atoms with Crippen molar-refractivity contribution in [3.8, 4) is 11.5 Å². The van der Waals surface area contributed by atoms with E-state index in [1.54, 1.807) is 4.90 Å². The van der Waals surface area contributed by atoms with E-state index >= 15 is 0 Å².